The average molecular weight is 356 g/mol. The molecule has 1 fully saturated rings. The highest BCUT2D eigenvalue weighted by Crippen LogP contribution is 2.43. The molecule has 0 radical (unpaired) electrons. The van der Waals surface area contributed by atoms with Gasteiger partial charge in [0.1, 0.15) is 11.3 Å². The van der Waals surface area contributed by atoms with Crippen LogP contribution in [0.25, 0.3) is 5.52 Å². The Kier molecular flexibility index (Phi) is 3.63. The number of nitrogens with zero attached hydrogens (tertiary/aromatic N) is 4. The van der Waals surface area contributed by atoms with Crippen LogP contribution in [0.1, 0.15) is 29.6 Å². The monoisotopic (exact) mass is 356 g/mol. The molecule has 0 saturated carbocycles. The van der Waals surface area contributed by atoms with Gasteiger partial charge in [-0.1, -0.05) is 18.2 Å². The van der Waals surface area contributed by atoms with E-state index >= 15 is 0 Å². The highest BCUT2D eigenvalue weighted by molar-refractivity contribution is 5.78. The van der Waals surface area contributed by atoms with E-state index in [0.29, 0.717) is 31.7 Å². The van der Waals surface area contributed by atoms with Crippen molar-refractivity contribution in [2.45, 2.75) is 24.7 Å². The van der Waals surface area contributed by atoms with Gasteiger partial charge in [-0.2, -0.15) is 0 Å². The van der Waals surface area contributed by atoms with Crippen LogP contribution < -0.4 is 4.90 Å². The summed E-state index contributed by atoms with van der Waals surface area (Å²) in [5, 5.41) is 0. The summed E-state index contributed by atoms with van der Waals surface area (Å²) < 4.78 is 34.3. The van der Waals surface area contributed by atoms with Crippen molar-refractivity contribution in [3.8, 4) is 0 Å². The van der Waals surface area contributed by atoms with Gasteiger partial charge in [-0.15, -0.1) is 0 Å². The average Bonchev–Trinajstić information content (AvgIpc) is 2.98. The summed E-state index contributed by atoms with van der Waals surface area (Å²) in [7, 11) is 0. The molecule has 0 amide bonds. The first-order valence-electron chi connectivity index (χ1n) is 8.78. The van der Waals surface area contributed by atoms with E-state index in [1.807, 2.05) is 33.7 Å². The molecular formula is C19H18F2N4O. The predicted molar refractivity (Wildman–Crippen MR) is 93.4 cm³/mol. The Morgan fingerprint density at radius 2 is 2.04 bits per heavy atom. The van der Waals surface area contributed by atoms with Crippen LogP contribution in [0.2, 0.25) is 0 Å². The fourth-order valence-corrected chi connectivity index (χ4v) is 3.89. The minimum Gasteiger partial charge on any atom is -0.380 e. The van der Waals surface area contributed by atoms with Crippen LogP contribution in [0, 0.1) is 0 Å². The minimum atomic E-state index is -2.36. The molecule has 26 heavy (non-hydrogen) atoms. The maximum atomic E-state index is 13.5. The van der Waals surface area contributed by atoms with E-state index in [2.05, 4.69) is 4.98 Å². The molecule has 5 nitrogen and oxygen atoms in total. The molecule has 5 rings (SSSR count). The van der Waals surface area contributed by atoms with Crippen LogP contribution in [0.5, 0.6) is 0 Å². The van der Waals surface area contributed by atoms with Gasteiger partial charge in [-0.3, -0.25) is 9.38 Å². The van der Waals surface area contributed by atoms with Crippen LogP contribution in [-0.2, 0) is 4.74 Å². The second-order valence-electron chi connectivity index (χ2n) is 6.80. The maximum absolute atomic E-state index is 13.5. The van der Waals surface area contributed by atoms with Crippen LogP contribution in [0.15, 0.2) is 42.9 Å². The molecule has 0 bridgehead atoms. The molecule has 2 aliphatic heterocycles. The molecule has 0 spiro atoms. The van der Waals surface area contributed by atoms with E-state index in [1.165, 1.54) is 0 Å². The highest BCUT2D eigenvalue weighted by Gasteiger charge is 2.34. The van der Waals surface area contributed by atoms with Crippen molar-refractivity contribution in [2.75, 3.05) is 24.7 Å². The number of halogens is 2. The van der Waals surface area contributed by atoms with Crippen molar-refractivity contribution in [1.29, 1.82) is 0 Å². The topological polar surface area (TPSA) is 42.7 Å². The number of para-hydroxylation sites is 1. The third kappa shape index (κ3) is 2.30. The molecule has 1 aromatic carbocycles. The Balaban J connectivity index is 1.65. The molecule has 3 aromatic rings. The summed E-state index contributed by atoms with van der Waals surface area (Å²) in [5.74, 6) is 1.25. The van der Waals surface area contributed by atoms with Gasteiger partial charge >= 0.3 is 0 Å². The van der Waals surface area contributed by atoms with Crippen molar-refractivity contribution in [3.63, 3.8) is 0 Å². The van der Waals surface area contributed by atoms with Gasteiger partial charge in [0.25, 0.3) is 0 Å². The second kappa shape index (κ2) is 6.02. The van der Waals surface area contributed by atoms with Gasteiger partial charge in [0, 0.05) is 30.5 Å². The van der Waals surface area contributed by atoms with Crippen LogP contribution >= 0.6 is 0 Å². The van der Waals surface area contributed by atoms with Gasteiger partial charge in [-0.25, -0.2) is 13.8 Å². The lowest BCUT2D eigenvalue weighted by Gasteiger charge is -2.34. The van der Waals surface area contributed by atoms with Crippen molar-refractivity contribution in [1.82, 2.24) is 14.4 Å². The summed E-state index contributed by atoms with van der Waals surface area (Å²) in [4.78, 5) is 11.2. The smallest absolute Gasteiger partial charge is 0.245 e. The summed E-state index contributed by atoms with van der Waals surface area (Å²) in [6, 6.07) is 7.41. The Morgan fingerprint density at radius 3 is 2.81 bits per heavy atom. The van der Waals surface area contributed by atoms with Gasteiger partial charge in [0.15, 0.2) is 5.82 Å². The lowest BCUT2D eigenvalue weighted by molar-refractivity contribution is 0.00467. The van der Waals surface area contributed by atoms with E-state index in [0.717, 1.165) is 22.8 Å². The molecule has 2 aliphatic rings. The molecule has 0 aliphatic carbocycles. The molecule has 0 N–H and O–H groups in total. The normalized spacial score (nSPS) is 20.4. The van der Waals surface area contributed by atoms with E-state index in [1.54, 1.807) is 18.5 Å². The highest BCUT2D eigenvalue weighted by atomic mass is 19.3. The standard InChI is InChI=1S/C19H18F2N4O/c20-17(21)14-5-7-24(15-4-2-1-3-13(14)15)19-16-9-22-6-8-25(16)18(23-19)12-10-26-11-12/h1-4,6,8-9,12,14,17H,5,7,10-11H2. The number of fused-ring (bicyclic) bond motifs is 2. The van der Waals surface area contributed by atoms with Crippen molar-refractivity contribution >= 4 is 17.0 Å². The number of anilines is 2. The first kappa shape index (κ1) is 15.7. The SMILES string of the molecule is FC(F)C1CCN(c2nc(C3COC3)n3ccncc23)c2ccccc21. The van der Waals surface area contributed by atoms with E-state index in [-0.39, 0.29) is 5.92 Å². The van der Waals surface area contributed by atoms with Crippen LogP contribution in [0.3, 0.4) is 0 Å². The molecule has 1 saturated heterocycles. The molecule has 1 atom stereocenters. The Morgan fingerprint density at radius 1 is 1.19 bits per heavy atom. The van der Waals surface area contributed by atoms with Gasteiger partial charge < -0.3 is 9.64 Å². The quantitative estimate of drug-likeness (QED) is 0.717. The van der Waals surface area contributed by atoms with Crippen molar-refractivity contribution < 1.29 is 13.5 Å². The first-order chi connectivity index (χ1) is 12.7. The largest absolute Gasteiger partial charge is 0.380 e. The molecule has 134 valence electrons. The summed E-state index contributed by atoms with van der Waals surface area (Å²) in [6.45, 7) is 1.82. The van der Waals surface area contributed by atoms with Gasteiger partial charge in [0.05, 0.1) is 25.3 Å². The molecule has 2 aromatic heterocycles. The van der Waals surface area contributed by atoms with Gasteiger partial charge in [0.2, 0.25) is 6.43 Å². The van der Waals surface area contributed by atoms with Crippen LogP contribution in [0.4, 0.5) is 20.3 Å². The summed E-state index contributed by atoms with van der Waals surface area (Å²) in [6.07, 6.45) is 3.46. The third-order valence-electron chi connectivity index (χ3n) is 5.31. The second-order valence-corrected chi connectivity index (χ2v) is 6.80. The zero-order valence-corrected chi connectivity index (χ0v) is 14.1. The Hall–Kier alpha value is -2.54. The molecular weight excluding hydrogens is 338 g/mol. The van der Waals surface area contributed by atoms with Crippen LogP contribution in [-0.4, -0.2) is 40.6 Å². The minimum absolute atomic E-state index is 0.257. The van der Waals surface area contributed by atoms with E-state index in [9.17, 15) is 8.78 Å². The van der Waals surface area contributed by atoms with Crippen molar-refractivity contribution in [3.05, 3.63) is 54.2 Å². The Labute approximate surface area is 149 Å². The fourth-order valence-electron chi connectivity index (χ4n) is 3.89. The van der Waals surface area contributed by atoms with E-state index < -0.39 is 12.3 Å². The van der Waals surface area contributed by atoms with E-state index in [4.69, 9.17) is 9.72 Å². The number of benzene rings is 1. The third-order valence-corrected chi connectivity index (χ3v) is 5.31. The zero-order chi connectivity index (χ0) is 17.7. The summed E-state index contributed by atoms with van der Waals surface area (Å²) >= 11 is 0. The zero-order valence-electron chi connectivity index (χ0n) is 14.1. The Bertz CT molecular complexity index is 954. The number of aromatic nitrogens is 3. The fraction of sp³-hybridized carbons (Fsp3) is 0.368. The summed E-state index contributed by atoms with van der Waals surface area (Å²) in [5.41, 5.74) is 2.39. The molecule has 1 unspecified atom stereocenters. The molecule has 7 heteroatoms. The van der Waals surface area contributed by atoms with Gasteiger partial charge in [-0.05, 0) is 18.1 Å². The lowest BCUT2D eigenvalue weighted by atomic mass is 9.90. The molecule has 4 heterocycles. The number of alkyl halides is 2. The number of imidazole rings is 1. The van der Waals surface area contributed by atoms with Crippen molar-refractivity contribution in [2.24, 2.45) is 0 Å². The lowest BCUT2D eigenvalue weighted by Crippen LogP contribution is -2.30. The predicted octanol–water partition coefficient (Wildman–Crippen LogP) is 3.73. The first-order valence-corrected chi connectivity index (χ1v) is 8.78. The maximum Gasteiger partial charge on any atom is 0.245 e. The number of hydrogen-bond acceptors (Lipinski definition) is 4. The number of ether oxygens (including phenoxy) is 1. The number of hydrogen-bond donors (Lipinski definition) is 0. The number of rotatable bonds is 3.